The maximum Gasteiger partial charge on any atom is 0.393 e. The number of alkyl halides is 5. The third kappa shape index (κ3) is 6.71. The number of halogens is 5. The maximum absolute atomic E-state index is 14.1. The van der Waals surface area contributed by atoms with Crippen LogP contribution in [-0.2, 0) is 22.5 Å². The van der Waals surface area contributed by atoms with Crippen molar-refractivity contribution in [1.82, 2.24) is 35.0 Å². The van der Waals surface area contributed by atoms with E-state index in [0.717, 1.165) is 0 Å². The first-order valence-corrected chi connectivity index (χ1v) is 14.8. The highest BCUT2D eigenvalue weighted by atomic mass is 19.4. The highest BCUT2D eigenvalue weighted by Gasteiger charge is 2.45. The molecule has 3 aromatic heterocycles. The van der Waals surface area contributed by atoms with Crippen LogP contribution in [0, 0.1) is 17.8 Å². The smallest absolute Gasteiger partial charge is 0.377 e. The predicted molar refractivity (Wildman–Crippen MR) is 148 cm³/mol. The summed E-state index contributed by atoms with van der Waals surface area (Å²) in [6, 6.07) is 2.55. The summed E-state index contributed by atoms with van der Waals surface area (Å²) in [5, 5.41) is 14.2. The summed E-state index contributed by atoms with van der Waals surface area (Å²) in [5.74, 6) is -6.61. The number of methoxy groups -OCH3 is 1. The first-order chi connectivity index (χ1) is 20.8. The van der Waals surface area contributed by atoms with E-state index in [1.165, 1.54) is 22.5 Å². The summed E-state index contributed by atoms with van der Waals surface area (Å²) < 4.78 is 77.0. The van der Waals surface area contributed by atoms with Crippen LogP contribution < -0.4 is 10.6 Å². The largest absolute Gasteiger partial charge is 0.393 e. The van der Waals surface area contributed by atoms with Gasteiger partial charge in [0.1, 0.15) is 5.69 Å². The number of ether oxygens (including phenoxy) is 1. The van der Waals surface area contributed by atoms with Crippen LogP contribution >= 0.6 is 0 Å². The molecule has 2 fully saturated rings. The van der Waals surface area contributed by atoms with E-state index in [2.05, 4.69) is 20.8 Å². The number of fused-ring (bicyclic) bond motifs is 1. The van der Waals surface area contributed by atoms with E-state index in [4.69, 9.17) is 9.72 Å². The summed E-state index contributed by atoms with van der Waals surface area (Å²) in [6.45, 7) is 3.59. The molecule has 10 nitrogen and oxygen atoms in total. The molecule has 240 valence electrons. The zero-order chi connectivity index (χ0) is 31.8. The topological polar surface area (TPSA) is 115 Å². The quantitative estimate of drug-likeness (QED) is 0.330. The van der Waals surface area contributed by atoms with Crippen molar-refractivity contribution in [2.24, 2.45) is 17.8 Å². The standard InChI is InChI=1S/C29H36F5N7O3/c1-4-40-23(7-10-36-40)27(43)38-25(17-5-8-28(30,31)9-6-17)22-15-41-24(37-22)13-20(16(2)44-3)21(39-41)12-18-11-19(29(32,33)34)14-35-26(18)42/h7,10,13,15-19,25H,4-6,8-9,11-12,14H2,1-3H3,(H,35,42)(H,38,43)/t16?,18?,19-,25+/m1/s1. The van der Waals surface area contributed by atoms with Gasteiger partial charge in [0.05, 0.1) is 35.6 Å². The molecule has 2 amide bonds. The maximum atomic E-state index is 14.1. The van der Waals surface area contributed by atoms with Crippen LogP contribution in [-0.4, -0.2) is 61.9 Å². The minimum atomic E-state index is -4.44. The molecule has 5 rings (SSSR count). The van der Waals surface area contributed by atoms with Gasteiger partial charge >= 0.3 is 6.18 Å². The highest BCUT2D eigenvalue weighted by Crippen LogP contribution is 2.42. The van der Waals surface area contributed by atoms with Crippen molar-refractivity contribution in [3.8, 4) is 0 Å². The van der Waals surface area contributed by atoms with Crippen LogP contribution in [0.4, 0.5) is 22.0 Å². The second-order valence-corrected chi connectivity index (χ2v) is 11.7. The van der Waals surface area contributed by atoms with Gasteiger partial charge in [-0.15, -0.1) is 0 Å². The molecule has 44 heavy (non-hydrogen) atoms. The summed E-state index contributed by atoms with van der Waals surface area (Å²) in [4.78, 5) is 30.6. The van der Waals surface area contributed by atoms with Crippen molar-refractivity contribution in [3.63, 3.8) is 0 Å². The van der Waals surface area contributed by atoms with E-state index in [-0.39, 0.29) is 44.4 Å². The molecule has 4 heterocycles. The first kappa shape index (κ1) is 31.8. The molecule has 1 aliphatic heterocycles. The second kappa shape index (κ2) is 12.4. The molecule has 15 heteroatoms. The van der Waals surface area contributed by atoms with Crippen LogP contribution in [0.3, 0.4) is 0 Å². The first-order valence-electron chi connectivity index (χ1n) is 14.8. The molecule has 1 saturated carbocycles. The minimum absolute atomic E-state index is 0.0518. The molecular weight excluding hydrogens is 589 g/mol. The van der Waals surface area contributed by atoms with Gasteiger partial charge in [0.15, 0.2) is 5.65 Å². The van der Waals surface area contributed by atoms with Gasteiger partial charge in [0.2, 0.25) is 11.8 Å². The van der Waals surface area contributed by atoms with E-state index in [9.17, 15) is 31.5 Å². The third-order valence-corrected chi connectivity index (χ3v) is 8.82. The number of carbonyl (C=O) groups is 2. The fourth-order valence-corrected chi connectivity index (χ4v) is 6.16. The molecule has 1 saturated heterocycles. The Bertz CT molecular complexity index is 1490. The van der Waals surface area contributed by atoms with Gasteiger partial charge < -0.3 is 15.4 Å². The average molecular weight is 626 g/mol. The Morgan fingerprint density at radius 3 is 2.66 bits per heavy atom. The number of hydrogen-bond acceptors (Lipinski definition) is 6. The minimum Gasteiger partial charge on any atom is -0.377 e. The molecule has 0 aromatic carbocycles. The Hall–Kier alpha value is -3.62. The van der Waals surface area contributed by atoms with Crippen molar-refractivity contribution in [3.05, 3.63) is 47.2 Å². The van der Waals surface area contributed by atoms with E-state index >= 15 is 0 Å². The van der Waals surface area contributed by atoms with Crippen molar-refractivity contribution in [2.45, 2.75) is 83.2 Å². The second-order valence-electron chi connectivity index (χ2n) is 11.7. The molecule has 2 aliphatic rings. The SMILES string of the molecule is CCn1nccc1C(=O)N[C@H](c1cn2nc(CC3C[C@@H](C(F)(F)F)CNC3=O)c(C(C)OC)cc2n1)C1CCC(F)(F)CC1. The van der Waals surface area contributed by atoms with Crippen LogP contribution in [0.2, 0.25) is 0 Å². The number of aromatic nitrogens is 5. The van der Waals surface area contributed by atoms with Crippen molar-refractivity contribution < 1.29 is 36.3 Å². The molecule has 2 N–H and O–H groups in total. The van der Waals surface area contributed by atoms with E-state index < -0.39 is 54.4 Å². The number of imidazole rings is 1. The average Bonchev–Trinajstić information content (AvgIpc) is 3.62. The summed E-state index contributed by atoms with van der Waals surface area (Å²) in [7, 11) is 1.48. The third-order valence-electron chi connectivity index (χ3n) is 8.82. The number of carbonyl (C=O) groups excluding carboxylic acids is 2. The number of aryl methyl sites for hydroxylation is 1. The summed E-state index contributed by atoms with van der Waals surface area (Å²) in [6.07, 6.45) is -2.57. The van der Waals surface area contributed by atoms with Gasteiger partial charge in [0.25, 0.3) is 5.91 Å². The van der Waals surface area contributed by atoms with Crippen molar-refractivity contribution >= 4 is 17.5 Å². The Kier molecular flexibility index (Phi) is 8.96. The van der Waals surface area contributed by atoms with Crippen LogP contribution in [0.25, 0.3) is 5.65 Å². The van der Waals surface area contributed by atoms with Crippen molar-refractivity contribution in [1.29, 1.82) is 0 Å². The van der Waals surface area contributed by atoms with Gasteiger partial charge in [0, 0.05) is 57.1 Å². The fraction of sp³-hybridized carbons (Fsp3) is 0.621. The van der Waals surface area contributed by atoms with Gasteiger partial charge in [-0.25, -0.2) is 18.3 Å². The monoisotopic (exact) mass is 625 g/mol. The van der Waals surface area contributed by atoms with Gasteiger partial charge in [-0.05, 0) is 51.2 Å². The Balaban J connectivity index is 1.50. The lowest BCUT2D eigenvalue weighted by molar-refractivity contribution is -0.183. The lowest BCUT2D eigenvalue weighted by Crippen LogP contribution is -2.47. The normalized spacial score (nSPS) is 22.5. The molecular formula is C29H36F5N7O3. The van der Waals surface area contributed by atoms with Crippen LogP contribution in [0.5, 0.6) is 0 Å². The molecule has 0 bridgehead atoms. The lowest BCUT2D eigenvalue weighted by atomic mass is 9.81. The summed E-state index contributed by atoms with van der Waals surface area (Å²) >= 11 is 0. The molecule has 2 unspecified atom stereocenters. The van der Waals surface area contributed by atoms with Crippen molar-refractivity contribution in [2.75, 3.05) is 13.7 Å². The number of nitrogens with zero attached hydrogens (tertiary/aromatic N) is 5. The van der Waals surface area contributed by atoms with Crippen LogP contribution in [0.1, 0.15) is 85.5 Å². The number of nitrogens with one attached hydrogen (secondary N) is 2. The summed E-state index contributed by atoms with van der Waals surface area (Å²) in [5.41, 5.74) is 2.04. The lowest BCUT2D eigenvalue weighted by Gasteiger charge is -2.33. The van der Waals surface area contributed by atoms with Gasteiger partial charge in [-0.2, -0.15) is 23.4 Å². The zero-order valence-electron chi connectivity index (χ0n) is 24.7. The molecule has 4 atom stereocenters. The van der Waals surface area contributed by atoms with Crippen LogP contribution in [0.15, 0.2) is 24.5 Å². The highest BCUT2D eigenvalue weighted by molar-refractivity contribution is 5.92. The fourth-order valence-electron chi connectivity index (χ4n) is 6.16. The number of amides is 2. The Morgan fingerprint density at radius 2 is 2.00 bits per heavy atom. The molecule has 3 aromatic rings. The molecule has 1 aliphatic carbocycles. The van der Waals surface area contributed by atoms with Gasteiger partial charge in [-0.1, -0.05) is 0 Å². The Labute approximate surface area is 250 Å². The number of piperidine rings is 1. The molecule has 0 spiro atoms. The predicted octanol–water partition coefficient (Wildman–Crippen LogP) is 4.81. The number of rotatable bonds is 9. The van der Waals surface area contributed by atoms with E-state index in [1.807, 2.05) is 6.92 Å². The zero-order valence-corrected chi connectivity index (χ0v) is 24.7. The van der Waals surface area contributed by atoms with E-state index in [1.54, 1.807) is 25.3 Å². The number of hydrogen-bond donors (Lipinski definition) is 2. The Morgan fingerprint density at radius 1 is 1.27 bits per heavy atom. The molecule has 0 radical (unpaired) electrons. The van der Waals surface area contributed by atoms with E-state index in [0.29, 0.717) is 34.8 Å². The van der Waals surface area contributed by atoms with Gasteiger partial charge in [-0.3, -0.25) is 14.3 Å².